The molecule has 22 heavy (non-hydrogen) atoms. The second-order valence-corrected chi connectivity index (χ2v) is 5.75. The molecule has 0 aliphatic heterocycles. The van der Waals surface area contributed by atoms with Crippen LogP contribution in [0.15, 0.2) is 53.5 Å². The zero-order chi connectivity index (χ0) is 15.9. The van der Waals surface area contributed by atoms with E-state index in [1.165, 1.54) is 36.0 Å². The predicted octanol–water partition coefficient (Wildman–Crippen LogP) is 6.58. The first kappa shape index (κ1) is 16.4. The SMILES string of the molecule is C=C/C=C(\C)c1oc(C)c(CCCCC)c1-c1ccccc1. The molecule has 1 nitrogen and oxygen atoms in total. The van der Waals surface area contributed by atoms with Gasteiger partial charge in [-0.3, -0.25) is 0 Å². The Kier molecular flexibility index (Phi) is 5.83. The largest absolute Gasteiger partial charge is 0.461 e. The van der Waals surface area contributed by atoms with E-state index in [0.717, 1.165) is 23.5 Å². The number of hydrogen-bond donors (Lipinski definition) is 0. The maximum Gasteiger partial charge on any atom is 0.138 e. The number of benzene rings is 1. The zero-order valence-electron chi connectivity index (χ0n) is 14.0. The van der Waals surface area contributed by atoms with Crippen molar-refractivity contribution in [2.75, 3.05) is 0 Å². The van der Waals surface area contributed by atoms with Gasteiger partial charge in [-0.15, -0.1) is 0 Å². The summed E-state index contributed by atoms with van der Waals surface area (Å²) in [5.74, 6) is 2.02. The number of allylic oxidation sites excluding steroid dienone is 3. The molecule has 0 N–H and O–H groups in total. The molecule has 0 unspecified atom stereocenters. The standard InChI is InChI=1S/C21H26O/c1-5-7-9-15-19-17(4)22-21(16(3)12-6-2)20(19)18-13-10-8-11-14-18/h6,8,10-14H,2,5,7,9,15H2,1,3-4H3/b16-12+. The Hall–Kier alpha value is -2.02. The molecule has 0 saturated carbocycles. The summed E-state index contributed by atoms with van der Waals surface area (Å²) in [5.41, 5.74) is 4.97. The molecule has 0 aliphatic rings. The van der Waals surface area contributed by atoms with E-state index in [1.807, 2.05) is 12.2 Å². The summed E-state index contributed by atoms with van der Waals surface area (Å²) in [5, 5.41) is 0. The smallest absolute Gasteiger partial charge is 0.138 e. The van der Waals surface area contributed by atoms with Crippen molar-refractivity contribution >= 4 is 5.57 Å². The van der Waals surface area contributed by atoms with E-state index in [1.54, 1.807) is 0 Å². The average Bonchev–Trinajstić information content (AvgIpc) is 2.86. The van der Waals surface area contributed by atoms with Crippen LogP contribution in [0.3, 0.4) is 0 Å². The van der Waals surface area contributed by atoms with Gasteiger partial charge in [0.05, 0.1) is 0 Å². The minimum Gasteiger partial charge on any atom is -0.461 e. The molecule has 0 atom stereocenters. The Morgan fingerprint density at radius 1 is 1.18 bits per heavy atom. The summed E-state index contributed by atoms with van der Waals surface area (Å²) in [6.45, 7) is 10.2. The maximum atomic E-state index is 6.13. The lowest BCUT2D eigenvalue weighted by atomic mass is 9.94. The first-order chi connectivity index (χ1) is 10.7. The van der Waals surface area contributed by atoms with E-state index in [2.05, 4.69) is 57.7 Å². The number of unbranched alkanes of at least 4 members (excludes halogenated alkanes) is 2. The molecule has 0 spiro atoms. The molecule has 116 valence electrons. The van der Waals surface area contributed by atoms with Gasteiger partial charge >= 0.3 is 0 Å². The normalized spacial score (nSPS) is 11.7. The molecule has 0 fully saturated rings. The van der Waals surface area contributed by atoms with Gasteiger partial charge in [-0.2, -0.15) is 0 Å². The van der Waals surface area contributed by atoms with Crippen molar-refractivity contribution in [3.63, 3.8) is 0 Å². The highest BCUT2D eigenvalue weighted by Gasteiger charge is 2.19. The van der Waals surface area contributed by atoms with Gasteiger partial charge in [0.25, 0.3) is 0 Å². The van der Waals surface area contributed by atoms with Crippen LogP contribution in [0.4, 0.5) is 0 Å². The molecule has 1 aromatic carbocycles. The van der Waals surface area contributed by atoms with Gasteiger partial charge < -0.3 is 4.42 Å². The molecule has 1 heterocycles. The predicted molar refractivity (Wildman–Crippen MR) is 96.0 cm³/mol. The van der Waals surface area contributed by atoms with Gasteiger partial charge in [0, 0.05) is 11.1 Å². The number of furan rings is 1. The highest BCUT2D eigenvalue weighted by atomic mass is 16.3. The third-order valence-corrected chi connectivity index (χ3v) is 4.03. The lowest BCUT2D eigenvalue weighted by Gasteiger charge is -2.07. The first-order valence-corrected chi connectivity index (χ1v) is 8.16. The van der Waals surface area contributed by atoms with E-state index in [9.17, 15) is 0 Å². The summed E-state index contributed by atoms with van der Waals surface area (Å²) in [6, 6.07) is 10.6. The maximum absolute atomic E-state index is 6.13. The third kappa shape index (κ3) is 3.59. The molecule has 1 aromatic heterocycles. The average molecular weight is 294 g/mol. The molecule has 0 bridgehead atoms. The van der Waals surface area contributed by atoms with Crippen LogP contribution in [0.1, 0.15) is 50.2 Å². The molecule has 0 amide bonds. The molecule has 1 heteroatoms. The Morgan fingerprint density at radius 2 is 1.91 bits per heavy atom. The van der Waals surface area contributed by atoms with E-state index >= 15 is 0 Å². The third-order valence-electron chi connectivity index (χ3n) is 4.03. The second kappa shape index (κ2) is 7.84. The fourth-order valence-corrected chi connectivity index (χ4v) is 2.87. The quantitative estimate of drug-likeness (QED) is 0.415. The lowest BCUT2D eigenvalue weighted by molar-refractivity contribution is 0.516. The summed E-state index contributed by atoms with van der Waals surface area (Å²) < 4.78 is 6.13. The van der Waals surface area contributed by atoms with E-state index in [4.69, 9.17) is 4.42 Å². The fourth-order valence-electron chi connectivity index (χ4n) is 2.87. The highest BCUT2D eigenvalue weighted by Crippen LogP contribution is 2.37. The van der Waals surface area contributed by atoms with Crippen LogP contribution in [0, 0.1) is 6.92 Å². The van der Waals surface area contributed by atoms with E-state index in [-0.39, 0.29) is 0 Å². The molecule has 0 radical (unpaired) electrons. The Labute approximate surface area is 134 Å². The van der Waals surface area contributed by atoms with Crippen LogP contribution in [-0.2, 0) is 6.42 Å². The van der Waals surface area contributed by atoms with Crippen LogP contribution in [0.25, 0.3) is 16.7 Å². The Morgan fingerprint density at radius 3 is 2.55 bits per heavy atom. The fraction of sp³-hybridized carbons (Fsp3) is 0.333. The van der Waals surface area contributed by atoms with Crippen molar-refractivity contribution in [2.24, 2.45) is 0 Å². The molecule has 0 saturated heterocycles. The van der Waals surface area contributed by atoms with Crippen LogP contribution in [-0.4, -0.2) is 0 Å². The lowest BCUT2D eigenvalue weighted by Crippen LogP contribution is -1.91. The summed E-state index contributed by atoms with van der Waals surface area (Å²) in [6.07, 6.45) is 8.61. The molecular formula is C21H26O. The van der Waals surface area contributed by atoms with Crippen LogP contribution >= 0.6 is 0 Å². The van der Waals surface area contributed by atoms with Gasteiger partial charge in [-0.1, -0.05) is 68.8 Å². The molecule has 2 rings (SSSR count). The van der Waals surface area contributed by atoms with Gasteiger partial charge in [0.15, 0.2) is 0 Å². The van der Waals surface area contributed by atoms with E-state index < -0.39 is 0 Å². The minimum atomic E-state index is 0.982. The zero-order valence-corrected chi connectivity index (χ0v) is 14.0. The first-order valence-electron chi connectivity index (χ1n) is 8.16. The summed E-state index contributed by atoms with van der Waals surface area (Å²) in [4.78, 5) is 0. The van der Waals surface area contributed by atoms with Gasteiger partial charge in [0.1, 0.15) is 11.5 Å². The second-order valence-electron chi connectivity index (χ2n) is 5.75. The van der Waals surface area contributed by atoms with Crippen molar-refractivity contribution in [1.82, 2.24) is 0 Å². The van der Waals surface area contributed by atoms with Crippen LogP contribution < -0.4 is 0 Å². The van der Waals surface area contributed by atoms with Gasteiger partial charge in [0.2, 0.25) is 0 Å². The van der Waals surface area contributed by atoms with Crippen molar-refractivity contribution in [2.45, 2.75) is 46.5 Å². The summed E-state index contributed by atoms with van der Waals surface area (Å²) in [7, 11) is 0. The van der Waals surface area contributed by atoms with Crippen molar-refractivity contribution in [3.8, 4) is 11.1 Å². The van der Waals surface area contributed by atoms with Crippen LogP contribution in [0.5, 0.6) is 0 Å². The van der Waals surface area contributed by atoms with Crippen molar-refractivity contribution in [1.29, 1.82) is 0 Å². The monoisotopic (exact) mass is 294 g/mol. The molecule has 2 aromatic rings. The number of aryl methyl sites for hydroxylation is 1. The number of rotatable bonds is 7. The van der Waals surface area contributed by atoms with Gasteiger partial charge in [-0.25, -0.2) is 0 Å². The van der Waals surface area contributed by atoms with Crippen molar-refractivity contribution in [3.05, 3.63) is 66.1 Å². The number of hydrogen-bond acceptors (Lipinski definition) is 1. The van der Waals surface area contributed by atoms with Crippen molar-refractivity contribution < 1.29 is 4.42 Å². The Bertz CT molecular complexity index is 644. The van der Waals surface area contributed by atoms with Gasteiger partial charge in [-0.05, 0) is 37.8 Å². The van der Waals surface area contributed by atoms with E-state index in [0.29, 0.717) is 0 Å². The Balaban J connectivity index is 2.53. The molecule has 0 aliphatic carbocycles. The summed E-state index contributed by atoms with van der Waals surface area (Å²) >= 11 is 0. The highest BCUT2D eigenvalue weighted by molar-refractivity contribution is 5.81. The topological polar surface area (TPSA) is 13.1 Å². The minimum absolute atomic E-state index is 0.982. The molecular weight excluding hydrogens is 268 g/mol. The van der Waals surface area contributed by atoms with Crippen LogP contribution in [0.2, 0.25) is 0 Å².